The summed E-state index contributed by atoms with van der Waals surface area (Å²) in [6.45, 7) is 3.43. The minimum atomic E-state index is -4.32. The van der Waals surface area contributed by atoms with Crippen LogP contribution < -0.4 is 0 Å². The fraction of sp³-hybridized carbons (Fsp3) is 0.429. The maximum Gasteiger partial charge on any atom is 0.422 e. The summed E-state index contributed by atoms with van der Waals surface area (Å²) in [5, 5.41) is 0. The molecule has 0 atom stereocenters. The molecule has 0 nitrogen and oxygen atoms in total. The highest BCUT2D eigenvalue weighted by molar-refractivity contribution is 7.84. The van der Waals surface area contributed by atoms with Gasteiger partial charge in [0.25, 0.3) is 0 Å². The maximum absolute atomic E-state index is 11.7. The van der Waals surface area contributed by atoms with Gasteiger partial charge in [-0.05, 0) is 19.9 Å². The van der Waals surface area contributed by atoms with Crippen LogP contribution in [0.3, 0.4) is 0 Å². The molecule has 0 aromatic carbocycles. The summed E-state index contributed by atoms with van der Waals surface area (Å²) in [6, 6.07) is 0. The third-order valence-corrected chi connectivity index (χ3v) is 1.27. The zero-order chi connectivity index (χ0) is 9.07. The predicted octanol–water partition coefficient (Wildman–Crippen LogP) is 3.33. The van der Waals surface area contributed by atoms with E-state index in [2.05, 4.69) is 12.6 Å². The predicted molar refractivity (Wildman–Crippen MR) is 42.6 cm³/mol. The SMILES string of the molecule is CC(C)=C/C=C(\S)C(F)(F)F. The standard InChI is InChI=1S/C7H9F3S/c1-5(2)3-4-6(11)7(8,9)10/h3-4,11H,1-2H3/b6-4-. The van der Waals surface area contributed by atoms with E-state index in [1.165, 1.54) is 6.08 Å². The Bertz CT molecular complexity index is 184. The van der Waals surface area contributed by atoms with Crippen LogP contribution in [0.15, 0.2) is 22.6 Å². The highest BCUT2D eigenvalue weighted by atomic mass is 32.1. The summed E-state index contributed by atoms with van der Waals surface area (Å²) < 4.78 is 35.2. The third kappa shape index (κ3) is 4.95. The van der Waals surface area contributed by atoms with Gasteiger partial charge in [0.1, 0.15) is 0 Å². The molecule has 0 saturated heterocycles. The number of alkyl halides is 3. The molecule has 0 heterocycles. The first-order valence-corrected chi connectivity index (χ1v) is 3.40. The Morgan fingerprint density at radius 2 is 1.64 bits per heavy atom. The third-order valence-electron chi connectivity index (χ3n) is 0.865. The van der Waals surface area contributed by atoms with E-state index < -0.39 is 11.1 Å². The zero-order valence-corrected chi connectivity index (χ0v) is 7.13. The molecule has 0 aliphatic carbocycles. The first-order chi connectivity index (χ1) is 4.84. The molecular formula is C7H9F3S. The minimum absolute atomic E-state index is 0.806. The van der Waals surface area contributed by atoms with Gasteiger partial charge in [0.15, 0.2) is 0 Å². The van der Waals surface area contributed by atoms with E-state index in [0.29, 0.717) is 0 Å². The molecule has 4 heteroatoms. The van der Waals surface area contributed by atoms with E-state index in [4.69, 9.17) is 0 Å². The number of allylic oxidation sites excluding steroid dienone is 4. The van der Waals surface area contributed by atoms with Crippen LogP contribution in [0.2, 0.25) is 0 Å². The molecule has 0 spiro atoms. The Morgan fingerprint density at radius 1 is 1.18 bits per heavy atom. The number of halogens is 3. The van der Waals surface area contributed by atoms with Crippen molar-refractivity contribution in [2.45, 2.75) is 20.0 Å². The monoisotopic (exact) mass is 182 g/mol. The van der Waals surface area contributed by atoms with E-state index in [1.807, 2.05) is 0 Å². The Labute approximate surface area is 69.2 Å². The van der Waals surface area contributed by atoms with Crippen LogP contribution in [0.5, 0.6) is 0 Å². The van der Waals surface area contributed by atoms with E-state index in [9.17, 15) is 13.2 Å². The quantitative estimate of drug-likeness (QED) is 0.466. The molecule has 0 aromatic rings. The van der Waals surface area contributed by atoms with Crippen molar-refractivity contribution < 1.29 is 13.2 Å². The summed E-state index contributed by atoms with van der Waals surface area (Å²) >= 11 is 3.28. The molecular weight excluding hydrogens is 173 g/mol. The van der Waals surface area contributed by atoms with Crippen molar-refractivity contribution >= 4 is 12.6 Å². The number of hydrogen-bond acceptors (Lipinski definition) is 1. The molecule has 0 bridgehead atoms. The Morgan fingerprint density at radius 3 is 1.91 bits per heavy atom. The molecule has 11 heavy (non-hydrogen) atoms. The molecule has 64 valence electrons. The summed E-state index contributed by atoms with van der Waals surface area (Å²) in [6.07, 6.45) is -2.01. The van der Waals surface area contributed by atoms with Gasteiger partial charge in [-0.2, -0.15) is 13.2 Å². The van der Waals surface area contributed by atoms with Gasteiger partial charge < -0.3 is 0 Å². The van der Waals surface area contributed by atoms with Crippen molar-refractivity contribution in [2.75, 3.05) is 0 Å². The summed E-state index contributed by atoms with van der Waals surface area (Å²) in [5.74, 6) is 0. The molecule has 0 fully saturated rings. The number of thiol groups is 1. The topological polar surface area (TPSA) is 0 Å². The van der Waals surface area contributed by atoms with Gasteiger partial charge in [0, 0.05) is 0 Å². The summed E-state index contributed by atoms with van der Waals surface area (Å²) in [5.41, 5.74) is 0.806. The zero-order valence-electron chi connectivity index (χ0n) is 6.24. The van der Waals surface area contributed by atoms with Crippen molar-refractivity contribution in [2.24, 2.45) is 0 Å². The molecule has 0 rings (SSSR count). The number of rotatable bonds is 1. The van der Waals surface area contributed by atoms with Crippen molar-refractivity contribution in [1.29, 1.82) is 0 Å². The van der Waals surface area contributed by atoms with Crippen LogP contribution >= 0.6 is 12.6 Å². The molecule has 0 amide bonds. The second kappa shape index (κ2) is 3.85. The highest BCUT2D eigenvalue weighted by Gasteiger charge is 2.30. The normalized spacial score (nSPS) is 13.1. The maximum atomic E-state index is 11.7. The van der Waals surface area contributed by atoms with Crippen LogP contribution in [0.4, 0.5) is 13.2 Å². The molecule has 0 aliphatic heterocycles. The van der Waals surface area contributed by atoms with Crippen LogP contribution in [-0.2, 0) is 0 Å². The lowest BCUT2D eigenvalue weighted by molar-refractivity contribution is -0.0834. The fourth-order valence-electron chi connectivity index (χ4n) is 0.340. The first-order valence-electron chi connectivity index (χ1n) is 2.95. The first kappa shape index (κ1) is 10.6. The van der Waals surface area contributed by atoms with Gasteiger partial charge in [0.05, 0.1) is 4.91 Å². The lowest BCUT2D eigenvalue weighted by Gasteiger charge is -2.03. The highest BCUT2D eigenvalue weighted by Crippen LogP contribution is 2.28. The van der Waals surface area contributed by atoms with Crippen molar-refractivity contribution in [3.05, 3.63) is 22.6 Å². The average Bonchev–Trinajstić information content (AvgIpc) is 1.80. The molecule has 0 radical (unpaired) electrons. The molecule has 0 unspecified atom stereocenters. The van der Waals surface area contributed by atoms with E-state index in [1.54, 1.807) is 13.8 Å². The van der Waals surface area contributed by atoms with Gasteiger partial charge in [-0.1, -0.05) is 11.6 Å². The fourth-order valence-corrected chi connectivity index (χ4v) is 0.415. The van der Waals surface area contributed by atoms with Crippen LogP contribution in [0.25, 0.3) is 0 Å². The Kier molecular flexibility index (Phi) is 3.72. The lowest BCUT2D eigenvalue weighted by atomic mass is 10.3. The average molecular weight is 182 g/mol. The van der Waals surface area contributed by atoms with E-state index in [-0.39, 0.29) is 0 Å². The summed E-state index contributed by atoms with van der Waals surface area (Å²) in [7, 11) is 0. The van der Waals surface area contributed by atoms with Gasteiger partial charge in [-0.25, -0.2) is 0 Å². The Hall–Kier alpha value is -0.380. The van der Waals surface area contributed by atoms with Gasteiger partial charge in [-0.15, -0.1) is 12.6 Å². The molecule has 0 saturated carbocycles. The van der Waals surface area contributed by atoms with Crippen molar-refractivity contribution in [1.82, 2.24) is 0 Å². The van der Waals surface area contributed by atoms with Crippen LogP contribution in [0, 0.1) is 0 Å². The van der Waals surface area contributed by atoms with Gasteiger partial charge in [0.2, 0.25) is 0 Å². The largest absolute Gasteiger partial charge is 0.422 e. The van der Waals surface area contributed by atoms with Crippen LogP contribution in [0.1, 0.15) is 13.8 Å². The molecule has 0 aromatic heterocycles. The lowest BCUT2D eigenvalue weighted by Crippen LogP contribution is -2.06. The number of hydrogen-bond donors (Lipinski definition) is 1. The van der Waals surface area contributed by atoms with Gasteiger partial charge in [-0.3, -0.25) is 0 Å². The van der Waals surface area contributed by atoms with Crippen LogP contribution in [-0.4, -0.2) is 6.18 Å². The Balaban J connectivity index is 4.36. The second-order valence-corrected chi connectivity index (χ2v) is 2.78. The van der Waals surface area contributed by atoms with Crippen molar-refractivity contribution in [3.8, 4) is 0 Å². The second-order valence-electron chi connectivity index (χ2n) is 2.29. The van der Waals surface area contributed by atoms with Gasteiger partial charge >= 0.3 is 6.18 Å². The smallest absolute Gasteiger partial charge is 0.166 e. The molecule has 0 aliphatic rings. The summed E-state index contributed by atoms with van der Waals surface area (Å²) in [4.78, 5) is -0.876. The molecule has 0 N–H and O–H groups in total. The van der Waals surface area contributed by atoms with Crippen molar-refractivity contribution in [3.63, 3.8) is 0 Å². The van der Waals surface area contributed by atoms with E-state index in [0.717, 1.165) is 11.6 Å². The minimum Gasteiger partial charge on any atom is -0.166 e. The van der Waals surface area contributed by atoms with E-state index >= 15 is 0 Å².